The third kappa shape index (κ3) is 5.07. The molecule has 2 aliphatic carbocycles. The Morgan fingerprint density at radius 3 is 2.45 bits per heavy atom. The number of amides is 1. The van der Waals surface area contributed by atoms with Gasteiger partial charge in [0.2, 0.25) is 10.0 Å². The molecule has 1 N–H and O–H groups in total. The maximum atomic E-state index is 12.6. The van der Waals surface area contributed by atoms with E-state index in [1.165, 1.54) is 18.9 Å². The third-order valence-electron chi connectivity index (χ3n) is 7.31. The number of carbonyl (C=O) groups excluding carboxylic acids is 1. The monoisotopic (exact) mass is 450 g/mol. The van der Waals surface area contributed by atoms with Crippen LogP contribution in [0, 0.1) is 5.92 Å². The lowest BCUT2D eigenvalue weighted by atomic mass is 9.83. The molecule has 4 rings (SSSR count). The number of carbonyl (C=O) groups is 1. The number of nitrogens with zero attached hydrogens (tertiary/aromatic N) is 1. The molecule has 1 amide bonds. The number of hydrogen-bond acceptors (Lipinski definition) is 5. The Kier molecular flexibility index (Phi) is 6.89. The molecule has 3 aliphatic rings. The predicted octanol–water partition coefficient (Wildman–Crippen LogP) is 3.27. The molecule has 2 saturated carbocycles. The summed E-state index contributed by atoms with van der Waals surface area (Å²) in [6.07, 6.45) is 7.80. The van der Waals surface area contributed by atoms with E-state index < -0.39 is 16.1 Å². The Morgan fingerprint density at radius 1 is 1.10 bits per heavy atom. The summed E-state index contributed by atoms with van der Waals surface area (Å²) in [4.78, 5) is 14.3. The van der Waals surface area contributed by atoms with E-state index in [1.807, 2.05) is 6.07 Å². The highest BCUT2D eigenvalue weighted by atomic mass is 32.2. The highest BCUT2D eigenvalue weighted by Gasteiger charge is 2.54. The highest BCUT2D eigenvalue weighted by Crippen LogP contribution is 2.42. The van der Waals surface area contributed by atoms with Crippen molar-refractivity contribution in [2.45, 2.75) is 75.1 Å². The van der Waals surface area contributed by atoms with Crippen LogP contribution >= 0.6 is 0 Å². The van der Waals surface area contributed by atoms with Crippen LogP contribution in [0.25, 0.3) is 0 Å². The maximum Gasteiger partial charge on any atom is 0.410 e. The van der Waals surface area contributed by atoms with Crippen LogP contribution in [0.1, 0.15) is 56.4 Å². The van der Waals surface area contributed by atoms with E-state index in [9.17, 15) is 13.2 Å². The predicted molar refractivity (Wildman–Crippen MR) is 118 cm³/mol. The van der Waals surface area contributed by atoms with E-state index in [0.29, 0.717) is 12.5 Å². The summed E-state index contributed by atoms with van der Waals surface area (Å²) >= 11 is 0. The van der Waals surface area contributed by atoms with Crippen molar-refractivity contribution in [3.8, 4) is 0 Å². The van der Waals surface area contributed by atoms with Crippen molar-refractivity contribution in [2.24, 2.45) is 5.92 Å². The normalized spacial score (nSPS) is 33.3. The second-order valence-electron chi connectivity index (χ2n) is 9.24. The van der Waals surface area contributed by atoms with Crippen LogP contribution in [0.5, 0.6) is 0 Å². The summed E-state index contributed by atoms with van der Waals surface area (Å²) < 4.78 is 38.3. The van der Waals surface area contributed by atoms with Gasteiger partial charge >= 0.3 is 6.09 Å². The molecule has 0 aromatic heterocycles. The number of ether oxygens (including phenoxy) is 2. The maximum absolute atomic E-state index is 12.6. The molecule has 3 fully saturated rings. The largest absolute Gasteiger partial charge is 0.453 e. The summed E-state index contributed by atoms with van der Waals surface area (Å²) in [6, 6.07) is 9.94. The number of sulfonamides is 1. The Bertz CT molecular complexity index is 854. The van der Waals surface area contributed by atoms with Gasteiger partial charge in [0.05, 0.1) is 32.1 Å². The van der Waals surface area contributed by atoms with Gasteiger partial charge in [-0.05, 0) is 55.9 Å². The second kappa shape index (κ2) is 9.46. The summed E-state index contributed by atoms with van der Waals surface area (Å²) in [5, 5.41) is 0. The van der Waals surface area contributed by atoms with E-state index in [4.69, 9.17) is 9.47 Å². The van der Waals surface area contributed by atoms with Crippen LogP contribution in [0.15, 0.2) is 30.3 Å². The first kappa shape index (κ1) is 22.6. The Balaban J connectivity index is 1.41. The molecular weight excluding hydrogens is 416 g/mol. The van der Waals surface area contributed by atoms with Crippen molar-refractivity contribution in [3.05, 3.63) is 35.9 Å². The Hall–Kier alpha value is -1.64. The summed E-state index contributed by atoms with van der Waals surface area (Å²) in [7, 11) is -2.02. The molecule has 1 aliphatic heterocycles. The van der Waals surface area contributed by atoms with Gasteiger partial charge in [0.25, 0.3) is 0 Å². The lowest BCUT2D eigenvalue weighted by Crippen LogP contribution is -2.51. The lowest BCUT2D eigenvalue weighted by Gasteiger charge is -2.33. The fourth-order valence-corrected chi connectivity index (χ4v) is 6.76. The zero-order chi connectivity index (χ0) is 22.0. The average Bonchev–Trinajstić information content (AvgIpc) is 3.33. The highest BCUT2D eigenvalue weighted by molar-refractivity contribution is 7.88. The van der Waals surface area contributed by atoms with E-state index in [-0.39, 0.29) is 30.1 Å². The van der Waals surface area contributed by atoms with E-state index in [0.717, 1.165) is 44.9 Å². The van der Waals surface area contributed by atoms with Crippen molar-refractivity contribution in [1.82, 2.24) is 9.62 Å². The molecule has 4 unspecified atom stereocenters. The summed E-state index contributed by atoms with van der Waals surface area (Å²) in [5.41, 5.74) is 1.39. The standard InChI is InChI=1S/C23H34N2O5S/c1-29-23(26)25-20-10-6-9-19(20)22(24-31(2,27)28)21(25)15-30-18-13-11-17(12-14-18)16-7-4-3-5-8-16/h3-5,7-8,17-22,24H,6,9-15H2,1-2H3. The minimum Gasteiger partial charge on any atom is -0.453 e. The molecule has 1 saturated heterocycles. The van der Waals surface area contributed by atoms with Gasteiger partial charge in [0.15, 0.2) is 0 Å². The van der Waals surface area contributed by atoms with E-state index in [1.54, 1.807) is 4.90 Å². The topological polar surface area (TPSA) is 84.9 Å². The molecule has 0 spiro atoms. The van der Waals surface area contributed by atoms with Crippen molar-refractivity contribution in [2.75, 3.05) is 20.0 Å². The van der Waals surface area contributed by atoms with E-state index >= 15 is 0 Å². The summed E-state index contributed by atoms with van der Waals surface area (Å²) in [6.45, 7) is 0.329. The average molecular weight is 451 g/mol. The zero-order valence-corrected chi connectivity index (χ0v) is 19.2. The van der Waals surface area contributed by atoms with Crippen LogP contribution in [-0.4, -0.2) is 63.6 Å². The number of nitrogens with one attached hydrogen (secondary N) is 1. The Labute approximate surface area is 185 Å². The van der Waals surface area contributed by atoms with Gasteiger partial charge in [-0.25, -0.2) is 17.9 Å². The minimum absolute atomic E-state index is 0.00844. The molecular formula is C23H34N2O5S. The Morgan fingerprint density at radius 2 is 1.81 bits per heavy atom. The number of benzene rings is 1. The molecule has 172 valence electrons. The lowest BCUT2D eigenvalue weighted by molar-refractivity contribution is -0.00975. The number of fused-ring (bicyclic) bond motifs is 1. The first-order chi connectivity index (χ1) is 14.9. The summed E-state index contributed by atoms with van der Waals surface area (Å²) in [5.74, 6) is 0.675. The number of methoxy groups -OCH3 is 1. The molecule has 7 nitrogen and oxygen atoms in total. The number of likely N-dealkylation sites (tertiary alicyclic amines) is 1. The van der Waals surface area contributed by atoms with Crippen LogP contribution in [-0.2, 0) is 19.5 Å². The van der Waals surface area contributed by atoms with Gasteiger partial charge < -0.3 is 9.47 Å². The van der Waals surface area contributed by atoms with Gasteiger partial charge in [0.1, 0.15) is 0 Å². The first-order valence-corrected chi connectivity index (χ1v) is 13.3. The van der Waals surface area contributed by atoms with E-state index in [2.05, 4.69) is 29.0 Å². The van der Waals surface area contributed by atoms with Crippen LogP contribution in [0.3, 0.4) is 0 Å². The third-order valence-corrected chi connectivity index (χ3v) is 8.01. The molecule has 4 atom stereocenters. The molecule has 31 heavy (non-hydrogen) atoms. The fourth-order valence-electron chi connectivity index (χ4n) is 5.93. The van der Waals surface area contributed by atoms with Gasteiger partial charge in [-0.15, -0.1) is 0 Å². The van der Waals surface area contributed by atoms with Crippen LogP contribution < -0.4 is 4.72 Å². The quantitative estimate of drug-likeness (QED) is 0.719. The van der Waals surface area contributed by atoms with Gasteiger partial charge in [0, 0.05) is 12.1 Å². The molecule has 1 aromatic carbocycles. The van der Waals surface area contributed by atoms with Crippen molar-refractivity contribution in [3.63, 3.8) is 0 Å². The molecule has 8 heteroatoms. The van der Waals surface area contributed by atoms with Gasteiger partial charge in [-0.1, -0.05) is 36.8 Å². The SMILES string of the molecule is COC(=O)N1C2CCCC2C(NS(C)(=O)=O)C1COC1CCC(c2ccccc2)CC1. The van der Waals surface area contributed by atoms with Gasteiger partial charge in [-0.3, -0.25) is 4.90 Å². The van der Waals surface area contributed by atoms with Gasteiger partial charge in [-0.2, -0.15) is 0 Å². The van der Waals surface area contributed by atoms with Crippen molar-refractivity contribution < 1.29 is 22.7 Å². The molecule has 1 aromatic rings. The zero-order valence-electron chi connectivity index (χ0n) is 18.4. The fraction of sp³-hybridized carbons (Fsp3) is 0.696. The number of hydrogen-bond donors (Lipinski definition) is 1. The van der Waals surface area contributed by atoms with Crippen molar-refractivity contribution in [1.29, 1.82) is 0 Å². The minimum atomic E-state index is -3.40. The van der Waals surface area contributed by atoms with Crippen LogP contribution in [0.4, 0.5) is 4.79 Å². The molecule has 0 radical (unpaired) electrons. The number of rotatable bonds is 6. The second-order valence-corrected chi connectivity index (χ2v) is 11.0. The van der Waals surface area contributed by atoms with Crippen molar-refractivity contribution >= 4 is 16.1 Å². The first-order valence-electron chi connectivity index (χ1n) is 11.4. The smallest absolute Gasteiger partial charge is 0.410 e. The molecule has 0 bridgehead atoms. The van der Waals surface area contributed by atoms with Crippen LogP contribution in [0.2, 0.25) is 0 Å². The molecule has 1 heterocycles.